The fourth-order valence-electron chi connectivity index (χ4n) is 3.11. The van der Waals surface area contributed by atoms with Crippen LogP contribution in [0.1, 0.15) is 52.0 Å². The first-order valence-corrected chi connectivity index (χ1v) is 11.9. The molecule has 1 aromatic rings. The van der Waals surface area contributed by atoms with E-state index >= 15 is 0 Å². The number of alkyl carbamates (subject to hydrolysis) is 2. The molecule has 0 aliphatic heterocycles. The molecule has 13 heteroatoms. The van der Waals surface area contributed by atoms with E-state index in [1.165, 1.54) is 7.11 Å². The first-order valence-electron chi connectivity index (χ1n) is 11.9. The summed E-state index contributed by atoms with van der Waals surface area (Å²) in [6.07, 6.45) is 0.743. The standard InChI is InChI=1S/C24H36N6O7/c1-24(2,3)37-23(34)28-18(20(29-30-25)21(32)27-15-19(31)35-4)13-9-6-10-14-26-22(33)36-16-17-11-7-5-8-12-17/h5,7-8,11-12,18,20H,6,9-10,13-16H2,1-4H3,(H,26,33)(H,27,32)(H,28,34)/t18-,20-/m1/s1. The number of methoxy groups -OCH3 is 1. The quantitative estimate of drug-likeness (QED) is 0.0839. The van der Waals surface area contributed by atoms with Crippen molar-refractivity contribution in [3.8, 4) is 0 Å². The van der Waals surface area contributed by atoms with Gasteiger partial charge in [0.1, 0.15) is 24.8 Å². The fraction of sp³-hybridized carbons (Fsp3) is 0.583. The van der Waals surface area contributed by atoms with Gasteiger partial charge in [0.15, 0.2) is 0 Å². The van der Waals surface area contributed by atoms with Gasteiger partial charge in [0, 0.05) is 17.5 Å². The van der Waals surface area contributed by atoms with Gasteiger partial charge in [-0.15, -0.1) is 0 Å². The Hall–Kier alpha value is -3.99. The minimum atomic E-state index is -1.33. The van der Waals surface area contributed by atoms with Crippen molar-refractivity contribution in [2.45, 2.75) is 70.7 Å². The van der Waals surface area contributed by atoms with Gasteiger partial charge in [-0.3, -0.25) is 9.59 Å². The summed E-state index contributed by atoms with van der Waals surface area (Å²) in [6, 6.07) is 7.08. The third kappa shape index (κ3) is 14.2. The lowest BCUT2D eigenvalue weighted by Crippen LogP contribution is -2.51. The maximum Gasteiger partial charge on any atom is 0.407 e. The number of carbonyl (C=O) groups is 4. The lowest BCUT2D eigenvalue weighted by Gasteiger charge is -2.26. The molecule has 3 amide bonds. The number of carbonyl (C=O) groups excluding carboxylic acids is 4. The van der Waals surface area contributed by atoms with Crippen LogP contribution in [0.25, 0.3) is 10.4 Å². The topological polar surface area (TPSA) is 181 Å². The number of ether oxygens (including phenoxy) is 3. The molecule has 37 heavy (non-hydrogen) atoms. The van der Waals surface area contributed by atoms with Crippen LogP contribution in [-0.2, 0) is 30.4 Å². The number of nitrogens with one attached hydrogen (secondary N) is 3. The molecule has 0 spiro atoms. The summed E-state index contributed by atoms with van der Waals surface area (Å²) < 4.78 is 14.9. The Balaban J connectivity index is 2.60. The van der Waals surface area contributed by atoms with Crippen LogP contribution >= 0.6 is 0 Å². The number of hydrogen-bond donors (Lipinski definition) is 3. The first kappa shape index (κ1) is 31.0. The van der Waals surface area contributed by atoms with Crippen LogP contribution in [0.3, 0.4) is 0 Å². The molecular weight excluding hydrogens is 484 g/mol. The monoisotopic (exact) mass is 520 g/mol. The van der Waals surface area contributed by atoms with Gasteiger partial charge in [-0.05, 0) is 44.7 Å². The second-order valence-corrected chi connectivity index (χ2v) is 9.03. The minimum Gasteiger partial charge on any atom is -0.468 e. The smallest absolute Gasteiger partial charge is 0.407 e. The lowest BCUT2D eigenvalue weighted by molar-refractivity contribution is -0.141. The highest BCUT2D eigenvalue weighted by Crippen LogP contribution is 2.13. The second kappa shape index (κ2) is 16.6. The van der Waals surface area contributed by atoms with Gasteiger partial charge < -0.3 is 30.2 Å². The van der Waals surface area contributed by atoms with Crippen LogP contribution in [0.15, 0.2) is 35.4 Å². The van der Waals surface area contributed by atoms with Gasteiger partial charge in [-0.25, -0.2) is 9.59 Å². The number of esters is 1. The number of rotatable bonds is 14. The van der Waals surface area contributed by atoms with E-state index in [0.29, 0.717) is 25.8 Å². The number of benzene rings is 1. The molecule has 0 aliphatic carbocycles. The van der Waals surface area contributed by atoms with E-state index in [1.807, 2.05) is 30.3 Å². The van der Waals surface area contributed by atoms with Crippen LogP contribution in [0.5, 0.6) is 0 Å². The zero-order chi connectivity index (χ0) is 27.7. The van der Waals surface area contributed by atoms with Gasteiger partial charge in [0.05, 0.1) is 7.11 Å². The maximum atomic E-state index is 12.6. The molecule has 2 atom stereocenters. The summed E-state index contributed by atoms with van der Waals surface area (Å²) in [5.74, 6) is -1.42. The molecule has 1 aromatic carbocycles. The van der Waals surface area contributed by atoms with Crippen LogP contribution in [0.4, 0.5) is 9.59 Å². The van der Waals surface area contributed by atoms with Gasteiger partial charge in [0.25, 0.3) is 0 Å². The Morgan fingerprint density at radius 1 is 1.03 bits per heavy atom. The van der Waals surface area contributed by atoms with Crippen LogP contribution in [-0.4, -0.2) is 61.9 Å². The molecule has 0 saturated heterocycles. The lowest BCUT2D eigenvalue weighted by atomic mass is 10.0. The van der Waals surface area contributed by atoms with Crippen molar-refractivity contribution in [1.29, 1.82) is 0 Å². The molecule has 0 fully saturated rings. The normalized spacial score (nSPS) is 12.2. The Labute approximate surface area is 216 Å². The van der Waals surface area contributed by atoms with Crippen LogP contribution < -0.4 is 16.0 Å². The maximum absolute atomic E-state index is 12.6. The van der Waals surface area contributed by atoms with Crippen molar-refractivity contribution in [2.75, 3.05) is 20.2 Å². The predicted molar refractivity (Wildman–Crippen MR) is 134 cm³/mol. The van der Waals surface area contributed by atoms with Crippen molar-refractivity contribution < 1.29 is 33.4 Å². The molecule has 0 unspecified atom stereocenters. The highest BCUT2D eigenvalue weighted by Gasteiger charge is 2.30. The van der Waals surface area contributed by atoms with Gasteiger partial charge >= 0.3 is 18.2 Å². The van der Waals surface area contributed by atoms with Crippen molar-refractivity contribution >= 4 is 24.1 Å². The van der Waals surface area contributed by atoms with E-state index in [9.17, 15) is 19.2 Å². The van der Waals surface area contributed by atoms with E-state index in [4.69, 9.17) is 15.0 Å². The van der Waals surface area contributed by atoms with E-state index in [1.54, 1.807) is 20.8 Å². The number of unbranched alkanes of at least 4 members (excludes halogenated alkanes) is 2. The van der Waals surface area contributed by atoms with Gasteiger partial charge in [-0.2, -0.15) is 0 Å². The molecule has 0 bridgehead atoms. The van der Waals surface area contributed by atoms with Crippen molar-refractivity contribution in [3.05, 3.63) is 46.3 Å². The molecule has 0 saturated carbocycles. The molecule has 0 heterocycles. The third-order valence-electron chi connectivity index (χ3n) is 4.84. The Morgan fingerprint density at radius 3 is 2.35 bits per heavy atom. The van der Waals surface area contributed by atoms with E-state index < -0.39 is 48.3 Å². The predicted octanol–water partition coefficient (Wildman–Crippen LogP) is 3.33. The molecule has 204 valence electrons. The summed E-state index contributed by atoms with van der Waals surface area (Å²) >= 11 is 0. The largest absolute Gasteiger partial charge is 0.468 e. The summed E-state index contributed by atoms with van der Waals surface area (Å²) in [4.78, 5) is 50.9. The van der Waals surface area contributed by atoms with E-state index in [2.05, 4.69) is 30.7 Å². The van der Waals surface area contributed by atoms with Gasteiger partial charge in [0.2, 0.25) is 5.91 Å². The SMILES string of the molecule is COC(=O)CNC(=O)[C@H](N=[N+]=[N-])[C@@H](CCCCCNC(=O)OCc1ccccc1)NC(=O)OC(C)(C)C. The summed E-state index contributed by atoms with van der Waals surface area (Å²) in [5, 5.41) is 11.1. The Bertz CT molecular complexity index is 929. The van der Waals surface area contributed by atoms with E-state index in [0.717, 1.165) is 5.56 Å². The Morgan fingerprint density at radius 2 is 1.73 bits per heavy atom. The third-order valence-corrected chi connectivity index (χ3v) is 4.84. The molecule has 1 rings (SSSR count). The summed E-state index contributed by atoms with van der Waals surface area (Å²) in [6.45, 7) is 5.19. The summed E-state index contributed by atoms with van der Waals surface area (Å²) in [7, 11) is 1.17. The number of nitrogens with zero attached hydrogens (tertiary/aromatic N) is 3. The molecule has 0 radical (unpaired) electrons. The summed E-state index contributed by atoms with van der Waals surface area (Å²) in [5.41, 5.74) is 9.08. The minimum absolute atomic E-state index is 0.170. The van der Waals surface area contributed by atoms with Crippen LogP contribution in [0, 0.1) is 0 Å². The van der Waals surface area contributed by atoms with Crippen molar-refractivity contribution in [2.24, 2.45) is 5.11 Å². The highest BCUT2D eigenvalue weighted by atomic mass is 16.6. The van der Waals surface area contributed by atoms with Crippen LogP contribution in [0.2, 0.25) is 0 Å². The van der Waals surface area contributed by atoms with Crippen molar-refractivity contribution in [1.82, 2.24) is 16.0 Å². The highest BCUT2D eigenvalue weighted by molar-refractivity contribution is 5.87. The number of azide groups is 1. The average Bonchev–Trinajstić information content (AvgIpc) is 2.85. The Kier molecular flexibility index (Phi) is 14.0. The number of amides is 3. The van der Waals surface area contributed by atoms with E-state index in [-0.39, 0.29) is 13.0 Å². The fourth-order valence-corrected chi connectivity index (χ4v) is 3.11. The molecule has 0 aliphatic rings. The van der Waals surface area contributed by atoms with Crippen molar-refractivity contribution in [3.63, 3.8) is 0 Å². The molecule has 13 nitrogen and oxygen atoms in total. The van der Waals surface area contributed by atoms with Gasteiger partial charge in [-0.1, -0.05) is 48.3 Å². The zero-order valence-corrected chi connectivity index (χ0v) is 21.7. The molecule has 3 N–H and O–H groups in total. The second-order valence-electron chi connectivity index (χ2n) is 9.03. The molecule has 0 aromatic heterocycles. The first-order chi connectivity index (χ1) is 17.6. The average molecular weight is 521 g/mol. The molecular formula is C24H36N6O7. The number of hydrogen-bond acceptors (Lipinski definition) is 8. The zero-order valence-electron chi connectivity index (χ0n) is 21.7.